The Hall–Kier alpha value is -2.24. The summed E-state index contributed by atoms with van der Waals surface area (Å²) in [5, 5.41) is 3.50. The number of nitrogens with one attached hydrogen (secondary N) is 1. The fourth-order valence-electron chi connectivity index (χ4n) is 3.29. The van der Waals surface area contributed by atoms with Crippen molar-refractivity contribution in [2.45, 2.75) is 19.3 Å². The predicted octanol–water partition coefficient (Wildman–Crippen LogP) is 1.97. The molecule has 1 aliphatic heterocycles. The molecule has 1 aromatic rings. The van der Waals surface area contributed by atoms with Gasteiger partial charge in [-0.1, -0.05) is 12.2 Å². The van der Waals surface area contributed by atoms with Crippen molar-refractivity contribution < 1.29 is 9.21 Å². The number of furan rings is 1. The van der Waals surface area contributed by atoms with Gasteiger partial charge in [-0.25, -0.2) is 0 Å². The first-order valence-corrected chi connectivity index (χ1v) is 8.71. The summed E-state index contributed by atoms with van der Waals surface area (Å²) in [6, 6.07) is 3.46. The van der Waals surface area contributed by atoms with Crippen LogP contribution in [0.5, 0.6) is 0 Å². The van der Waals surface area contributed by atoms with Crippen LogP contribution in [-0.4, -0.2) is 61.4 Å². The first-order chi connectivity index (χ1) is 11.8. The molecule has 3 rings (SSSR count). The molecule has 0 saturated carbocycles. The summed E-state index contributed by atoms with van der Waals surface area (Å²) in [6.07, 6.45) is 9.65. The van der Waals surface area contributed by atoms with E-state index in [1.54, 1.807) is 12.1 Å². The van der Waals surface area contributed by atoms with E-state index in [1.807, 2.05) is 11.9 Å². The summed E-state index contributed by atoms with van der Waals surface area (Å²) >= 11 is 0. The largest absolute Gasteiger partial charge is 0.459 e. The number of piperazine rings is 1. The predicted molar refractivity (Wildman–Crippen MR) is 94.0 cm³/mol. The zero-order chi connectivity index (χ0) is 16.8. The highest BCUT2D eigenvalue weighted by molar-refractivity contribution is 5.91. The van der Waals surface area contributed by atoms with E-state index in [0.29, 0.717) is 24.8 Å². The summed E-state index contributed by atoms with van der Waals surface area (Å²) in [5.41, 5.74) is 0. The van der Waals surface area contributed by atoms with Crippen LogP contribution in [0.4, 0.5) is 0 Å². The van der Waals surface area contributed by atoms with Crippen LogP contribution < -0.4 is 5.32 Å². The van der Waals surface area contributed by atoms with Gasteiger partial charge in [0.05, 0.1) is 6.26 Å². The highest BCUT2D eigenvalue weighted by Gasteiger charge is 2.25. The summed E-state index contributed by atoms with van der Waals surface area (Å²) in [5.74, 6) is 2.01. The molecule has 2 aliphatic rings. The van der Waals surface area contributed by atoms with Gasteiger partial charge >= 0.3 is 0 Å². The van der Waals surface area contributed by atoms with Gasteiger partial charge in [0.15, 0.2) is 11.7 Å². The monoisotopic (exact) mass is 330 g/mol. The molecule has 130 valence electrons. The van der Waals surface area contributed by atoms with Crippen LogP contribution in [0, 0.1) is 5.92 Å². The minimum absolute atomic E-state index is 0.0309. The zero-order valence-electron chi connectivity index (χ0n) is 14.3. The topological polar surface area (TPSA) is 61.1 Å². The Labute approximate surface area is 143 Å². The molecule has 24 heavy (non-hydrogen) atoms. The number of rotatable bonds is 3. The number of amides is 1. The second-order valence-corrected chi connectivity index (χ2v) is 6.34. The Kier molecular flexibility index (Phi) is 5.56. The smallest absolute Gasteiger partial charge is 0.289 e. The lowest BCUT2D eigenvalue weighted by atomic mass is 9.94. The van der Waals surface area contributed by atoms with E-state index in [4.69, 9.17) is 4.42 Å². The third kappa shape index (κ3) is 3.99. The van der Waals surface area contributed by atoms with Gasteiger partial charge in [0.25, 0.3) is 5.91 Å². The highest BCUT2D eigenvalue weighted by atomic mass is 16.3. The van der Waals surface area contributed by atoms with E-state index >= 15 is 0 Å². The lowest BCUT2D eigenvalue weighted by Gasteiger charge is -2.36. The second-order valence-electron chi connectivity index (χ2n) is 6.34. The Bertz CT molecular complexity index is 586. The average molecular weight is 330 g/mol. The number of hydrogen-bond donors (Lipinski definition) is 1. The number of carbonyl (C=O) groups is 1. The van der Waals surface area contributed by atoms with Crippen molar-refractivity contribution in [2.75, 3.05) is 39.8 Å². The summed E-state index contributed by atoms with van der Waals surface area (Å²) in [7, 11) is 1.82. The van der Waals surface area contributed by atoms with E-state index in [-0.39, 0.29) is 5.91 Å². The van der Waals surface area contributed by atoms with Crippen LogP contribution in [0.1, 0.15) is 29.8 Å². The Balaban J connectivity index is 1.47. The Morgan fingerprint density at radius 3 is 2.71 bits per heavy atom. The molecule has 1 aliphatic carbocycles. The van der Waals surface area contributed by atoms with Crippen LogP contribution in [0.25, 0.3) is 0 Å². The lowest BCUT2D eigenvalue weighted by molar-refractivity contribution is 0.0657. The number of allylic oxidation sites excluding steroid dienone is 2. The molecule has 0 radical (unpaired) electrons. The number of carbonyl (C=O) groups excluding carboxylic acids is 1. The molecule has 6 heteroatoms. The molecule has 2 heterocycles. The van der Waals surface area contributed by atoms with Gasteiger partial charge in [-0.05, 0) is 37.3 Å². The van der Waals surface area contributed by atoms with Crippen molar-refractivity contribution in [2.24, 2.45) is 10.9 Å². The van der Waals surface area contributed by atoms with Gasteiger partial charge < -0.3 is 19.5 Å². The minimum atomic E-state index is -0.0309. The average Bonchev–Trinajstić information content (AvgIpc) is 3.18. The van der Waals surface area contributed by atoms with Crippen LogP contribution in [0.15, 0.2) is 40.0 Å². The molecule has 1 fully saturated rings. The van der Waals surface area contributed by atoms with Gasteiger partial charge in [-0.3, -0.25) is 9.79 Å². The third-order valence-electron chi connectivity index (χ3n) is 4.74. The fraction of sp³-hybridized carbons (Fsp3) is 0.556. The molecule has 0 aromatic carbocycles. The molecule has 1 atom stereocenters. The first kappa shape index (κ1) is 16.6. The van der Waals surface area contributed by atoms with Crippen molar-refractivity contribution in [1.29, 1.82) is 0 Å². The molecule has 1 N–H and O–H groups in total. The lowest BCUT2D eigenvalue weighted by Crippen LogP contribution is -2.54. The molecule has 1 aromatic heterocycles. The van der Waals surface area contributed by atoms with Crippen molar-refractivity contribution in [1.82, 2.24) is 15.1 Å². The Morgan fingerprint density at radius 2 is 2.08 bits per heavy atom. The summed E-state index contributed by atoms with van der Waals surface area (Å²) in [6.45, 7) is 3.91. The normalized spacial score (nSPS) is 21.9. The standard InChI is InChI=1S/C18H26N4O2/c1-19-18(20-14-15-6-3-2-4-7-15)22-11-9-21(10-12-22)17(23)16-8-5-13-24-16/h2-3,5,8,13,15H,4,6-7,9-12,14H2,1H3,(H,19,20). The van der Waals surface area contributed by atoms with Crippen molar-refractivity contribution in [3.8, 4) is 0 Å². The van der Waals surface area contributed by atoms with Crippen LogP contribution in [0.2, 0.25) is 0 Å². The van der Waals surface area contributed by atoms with Gasteiger partial charge in [0.1, 0.15) is 0 Å². The SMILES string of the molecule is CN=C(NCC1CC=CCC1)N1CCN(C(=O)c2ccco2)CC1. The molecular formula is C18H26N4O2. The van der Waals surface area contributed by atoms with Crippen molar-refractivity contribution >= 4 is 11.9 Å². The van der Waals surface area contributed by atoms with Crippen molar-refractivity contribution in [3.63, 3.8) is 0 Å². The van der Waals surface area contributed by atoms with Crippen LogP contribution >= 0.6 is 0 Å². The maximum Gasteiger partial charge on any atom is 0.289 e. The fourth-order valence-corrected chi connectivity index (χ4v) is 3.29. The maximum atomic E-state index is 12.3. The van der Waals surface area contributed by atoms with Crippen LogP contribution in [0.3, 0.4) is 0 Å². The third-order valence-corrected chi connectivity index (χ3v) is 4.74. The molecule has 1 unspecified atom stereocenters. The number of hydrogen-bond acceptors (Lipinski definition) is 3. The quantitative estimate of drug-likeness (QED) is 0.523. The first-order valence-electron chi connectivity index (χ1n) is 8.71. The van der Waals surface area contributed by atoms with E-state index in [9.17, 15) is 4.79 Å². The van der Waals surface area contributed by atoms with Gasteiger partial charge in [0.2, 0.25) is 0 Å². The number of aliphatic imine (C=N–C) groups is 1. The van der Waals surface area contributed by atoms with Gasteiger partial charge in [-0.2, -0.15) is 0 Å². The summed E-state index contributed by atoms with van der Waals surface area (Å²) in [4.78, 5) is 20.8. The van der Waals surface area contributed by atoms with E-state index in [2.05, 4.69) is 27.4 Å². The van der Waals surface area contributed by atoms with E-state index < -0.39 is 0 Å². The molecule has 0 bridgehead atoms. The van der Waals surface area contributed by atoms with E-state index in [1.165, 1.54) is 19.1 Å². The summed E-state index contributed by atoms with van der Waals surface area (Å²) < 4.78 is 5.20. The van der Waals surface area contributed by atoms with Crippen molar-refractivity contribution in [3.05, 3.63) is 36.3 Å². The minimum Gasteiger partial charge on any atom is -0.459 e. The number of guanidine groups is 1. The molecular weight excluding hydrogens is 304 g/mol. The molecule has 0 spiro atoms. The zero-order valence-corrected chi connectivity index (χ0v) is 14.3. The molecule has 1 amide bonds. The number of nitrogens with zero attached hydrogens (tertiary/aromatic N) is 3. The Morgan fingerprint density at radius 1 is 1.29 bits per heavy atom. The van der Waals surface area contributed by atoms with Gasteiger partial charge in [-0.15, -0.1) is 0 Å². The molecule has 1 saturated heterocycles. The maximum absolute atomic E-state index is 12.3. The molecule has 6 nitrogen and oxygen atoms in total. The highest BCUT2D eigenvalue weighted by Crippen LogP contribution is 2.17. The van der Waals surface area contributed by atoms with E-state index in [0.717, 1.165) is 32.0 Å². The van der Waals surface area contributed by atoms with Gasteiger partial charge in [0, 0.05) is 39.8 Å². The van der Waals surface area contributed by atoms with Crippen LogP contribution in [-0.2, 0) is 0 Å². The second kappa shape index (κ2) is 8.04.